The van der Waals surface area contributed by atoms with Crippen molar-refractivity contribution >= 4 is 28.9 Å². The molecule has 0 radical (unpaired) electrons. The van der Waals surface area contributed by atoms with Crippen LogP contribution in [-0.2, 0) is 0 Å². The molecule has 0 atom stereocenters. The van der Waals surface area contributed by atoms with Crippen LogP contribution in [0.25, 0.3) is 0 Å². The highest BCUT2D eigenvalue weighted by Gasteiger charge is 2.34. The zero-order chi connectivity index (χ0) is 12.9. The summed E-state index contributed by atoms with van der Waals surface area (Å²) >= 11 is 1.09. The van der Waals surface area contributed by atoms with Crippen LogP contribution < -0.4 is 4.90 Å². The molecule has 0 fully saturated rings. The van der Waals surface area contributed by atoms with E-state index in [1.165, 1.54) is 0 Å². The van der Waals surface area contributed by atoms with Crippen LogP contribution in [-0.4, -0.2) is 30.0 Å². The quantitative estimate of drug-likeness (QED) is 0.669. The molecule has 1 aromatic carbocycles. The van der Waals surface area contributed by atoms with Crippen molar-refractivity contribution in [1.29, 1.82) is 0 Å². The number of carbonyl (C=O) groups excluding carboxylic acids is 2. The second-order valence-corrected chi connectivity index (χ2v) is 5.08. The molecule has 90 valence electrons. The third-order valence-electron chi connectivity index (χ3n) is 2.95. The van der Waals surface area contributed by atoms with Crippen LogP contribution in [0, 0.1) is 0 Å². The molecule has 0 saturated heterocycles. The molecule has 0 bridgehead atoms. The SMILES string of the molecule is CN(C)c1nsc2c1C(=O)c1ccccc1C2=O. The lowest BCUT2D eigenvalue weighted by Crippen LogP contribution is -2.21. The van der Waals surface area contributed by atoms with Crippen LogP contribution in [0.4, 0.5) is 5.82 Å². The maximum Gasteiger partial charge on any atom is 0.206 e. The molecule has 0 amide bonds. The highest BCUT2D eigenvalue weighted by molar-refractivity contribution is 7.09. The minimum atomic E-state index is -0.113. The Hall–Kier alpha value is -2.01. The van der Waals surface area contributed by atoms with Gasteiger partial charge in [0, 0.05) is 25.2 Å². The maximum absolute atomic E-state index is 12.4. The molecular weight excluding hydrogens is 248 g/mol. The van der Waals surface area contributed by atoms with Crippen LogP contribution in [0.2, 0.25) is 0 Å². The standard InChI is InChI=1S/C13H10N2O2S/c1-15(2)13-9-10(16)7-5-3-4-6-8(7)11(17)12(9)18-14-13/h3-6H,1-2H3. The van der Waals surface area contributed by atoms with Gasteiger partial charge in [-0.3, -0.25) is 9.59 Å². The molecule has 0 spiro atoms. The summed E-state index contributed by atoms with van der Waals surface area (Å²) in [6.07, 6.45) is 0. The third kappa shape index (κ3) is 1.34. The Bertz CT molecular complexity index is 673. The van der Waals surface area contributed by atoms with Crippen molar-refractivity contribution in [1.82, 2.24) is 4.37 Å². The van der Waals surface area contributed by atoms with Crippen LogP contribution in [0.5, 0.6) is 0 Å². The highest BCUT2D eigenvalue weighted by Crippen LogP contribution is 2.35. The predicted octanol–water partition coefficient (Wildman–Crippen LogP) is 1.98. The Labute approximate surface area is 108 Å². The van der Waals surface area contributed by atoms with Gasteiger partial charge in [-0.25, -0.2) is 0 Å². The molecule has 1 aliphatic rings. The molecule has 5 heteroatoms. The van der Waals surface area contributed by atoms with Gasteiger partial charge < -0.3 is 4.90 Å². The van der Waals surface area contributed by atoms with Gasteiger partial charge in [0.1, 0.15) is 4.88 Å². The van der Waals surface area contributed by atoms with E-state index in [4.69, 9.17) is 0 Å². The van der Waals surface area contributed by atoms with E-state index in [2.05, 4.69) is 4.37 Å². The fraction of sp³-hybridized carbons (Fsp3) is 0.154. The van der Waals surface area contributed by atoms with Gasteiger partial charge in [-0.1, -0.05) is 24.3 Å². The lowest BCUT2D eigenvalue weighted by molar-refractivity contribution is 0.0983. The number of anilines is 1. The molecule has 4 nitrogen and oxygen atoms in total. The van der Waals surface area contributed by atoms with Gasteiger partial charge in [0.15, 0.2) is 11.6 Å². The summed E-state index contributed by atoms with van der Waals surface area (Å²) in [5.74, 6) is 0.353. The number of hydrogen-bond donors (Lipinski definition) is 0. The molecule has 0 unspecified atom stereocenters. The van der Waals surface area contributed by atoms with E-state index < -0.39 is 0 Å². The fourth-order valence-corrected chi connectivity index (χ4v) is 2.98. The van der Waals surface area contributed by atoms with Crippen molar-refractivity contribution in [3.8, 4) is 0 Å². The van der Waals surface area contributed by atoms with E-state index >= 15 is 0 Å². The molecule has 0 saturated carbocycles. The molecule has 0 aliphatic heterocycles. The smallest absolute Gasteiger partial charge is 0.206 e. The van der Waals surface area contributed by atoms with E-state index in [1.54, 1.807) is 29.2 Å². The number of fused-ring (bicyclic) bond motifs is 2. The second kappa shape index (κ2) is 3.74. The minimum absolute atomic E-state index is 0.106. The largest absolute Gasteiger partial charge is 0.361 e. The summed E-state index contributed by atoms with van der Waals surface area (Å²) in [6, 6.07) is 6.91. The van der Waals surface area contributed by atoms with E-state index in [0.29, 0.717) is 27.4 Å². The van der Waals surface area contributed by atoms with Crippen LogP contribution in [0.1, 0.15) is 31.2 Å². The Kier molecular flexibility index (Phi) is 2.31. The first kappa shape index (κ1) is 11.1. The summed E-state index contributed by atoms with van der Waals surface area (Å²) in [5.41, 5.74) is 1.39. The van der Waals surface area contributed by atoms with Crippen molar-refractivity contribution in [2.24, 2.45) is 0 Å². The van der Waals surface area contributed by atoms with Gasteiger partial charge in [-0.15, -0.1) is 0 Å². The lowest BCUT2D eigenvalue weighted by atomic mass is 9.89. The summed E-state index contributed by atoms with van der Waals surface area (Å²) in [5, 5.41) is 0. The molecule has 18 heavy (non-hydrogen) atoms. The number of ketones is 2. The third-order valence-corrected chi connectivity index (χ3v) is 3.78. The van der Waals surface area contributed by atoms with E-state index in [0.717, 1.165) is 11.5 Å². The van der Waals surface area contributed by atoms with Crippen LogP contribution in [0.15, 0.2) is 24.3 Å². The van der Waals surface area contributed by atoms with Gasteiger partial charge in [0.2, 0.25) is 5.78 Å². The van der Waals surface area contributed by atoms with Gasteiger partial charge >= 0.3 is 0 Å². The molecule has 0 N–H and O–H groups in total. The number of aromatic nitrogens is 1. The minimum Gasteiger partial charge on any atom is -0.361 e. The monoisotopic (exact) mass is 258 g/mol. The van der Waals surface area contributed by atoms with E-state index in [1.807, 2.05) is 14.1 Å². The molecule has 3 rings (SSSR count). The summed E-state index contributed by atoms with van der Waals surface area (Å²) < 4.78 is 4.21. The number of carbonyl (C=O) groups is 2. The van der Waals surface area contributed by atoms with Gasteiger partial charge in [-0.2, -0.15) is 4.37 Å². The van der Waals surface area contributed by atoms with Gasteiger partial charge in [0.05, 0.1) is 5.56 Å². The van der Waals surface area contributed by atoms with Crippen molar-refractivity contribution in [2.45, 2.75) is 0 Å². The summed E-state index contributed by atoms with van der Waals surface area (Å²) in [6.45, 7) is 0. The van der Waals surface area contributed by atoms with E-state index in [-0.39, 0.29) is 11.6 Å². The highest BCUT2D eigenvalue weighted by atomic mass is 32.1. The number of benzene rings is 1. The Morgan fingerprint density at radius 2 is 1.67 bits per heavy atom. The zero-order valence-electron chi connectivity index (χ0n) is 9.93. The molecular formula is C13H10N2O2S. The molecule has 1 aromatic heterocycles. The second-order valence-electron chi connectivity index (χ2n) is 4.31. The number of nitrogens with zero attached hydrogens (tertiary/aromatic N) is 2. The topological polar surface area (TPSA) is 50.3 Å². The van der Waals surface area contributed by atoms with Crippen molar-refractivity contribution in [3.05, 3.63) is 45.8 Å². The van der Waals surface area contributed by atoms with Gasteiger partial charge in [0.25, 0.3) is 0 Å². The average Bonchev–Trinajstić information content (AvgIpc) is 2.81. The summed E-state index contributed by atoms with van der Waals surface area (Å²) in [4.78, 5) is 26.9. The number of hydrogen-bond acceptors (Lipinski definition) is 5. The normalized spacial score (nSPS) is 13.2. The molecule has 1 heterocycles. The van der Waals surface area contributed by atoms with Gasteiger partial charge in [-0.05, 0) is 11.5 Å². The summed E-state index contributed by atoms with van der Waals surface area (Å²) in [7, 11) is 3.63. The maximum atomic E-state index is 12.4. The lowest BCUT2D eigenvalue weighted by Gasteiger charge is -2.16. The van der Waals surface area contributed by atoms with Crippen molar-refractivity contribution < 1.29 is 9.59 Å². The Morgan fingerprint density at radius 3 is 2.28 bits per heavy atom. The Balaban J connectivity index is 2.29. The van der Waals surface area contributed by atoms with Crippen molar-refractivity contribution in [2.75, 3.05) is 19.0 Å². The first-order chi connectivity index (χ1) is 8.61. The molecule has 2 aromatic rings. The molecule has 1 aliphatic carbocycles. The van der Waals surface area contributed by atoms with Crippen molar-refractivity contribution in [3.63, 3.8) is 0 Å². The predicted molar refractivity (Wildman–Crippen MR) is 69.7 cm³/mol. The fourth-order valence-electron chi connectivity index (χ4n) is 2.08. The first-order valence-electron chi connectivity index (χ1n) is 5.46. The van der Waals surface area contributed by atoms with Crippen LogP contribution >= 0.6 is 11.5 Å². The zero-order valence-corrected chi connectivity index (χ0v) is 10.7. The average molecular weight is 258 g/mol. The Morgan fingerprint density at radius 1 is 1.06 bits per heavy atom. The first-order valence-corrected chi connectivity index (χ1v) is 6.24. The number of rotatable bonds is 1. The van der Waals surface area contributed by atoms with E-state index in [9.17, 15) is 9.59 Å². The van der Waals surface area contributed by atoms with Crippen LogP contribution in [0.3, 0.4) is 0 Å².